The summed E-state index contributed by atoms with van der Waals surface area (Å²) in [6, 6.07) is 0. The number of hydrogen-bond donors (Lipinski definition) is 1. The van der Waals surface area contributed by atoms with Gasteiger partial charge < -0.3 is 23.0 Å². The van der Waals surface area contributed by atoms with Crippen LogP contribution in [0.5, 0.6) is 0 Å². The third-order valence-corrected chi connectivity index (χ3v) is 1.35. The molecule has 0 rings (SSSR count). The van der Waals surface area contributed by atoms with Crippen molar-refractivity contribution < 1.29 is 23.0 Å². The van der Waals surface area contributed by atoms with Crippen molar-refractivity contribution in [2.75, 3.05) is 6.54 Å². The van der Waals surface area contributed by atoms with Crippen LogP contribution in [0.25, 0.3) is 0 Å². The van der Waals surface area contributed by atoms with Gasteiger partial charge >= 0.3 is 7.25 Å². The summed E-state index contributed by atoms with van der Waals surface area (Å²) in [6.07, 6.45) is 6.86. The lowest BCUT2D eigenvalue weighted by molar-refractivity contribution is -0.368. The first-order chi connectivity index (χ1) is 5.91. The Labute approximate surface area is 76.8 Å². The lowest BCUT2D eigenvalue weighted by Gasteiger charge is -1.94. The Morgan fingerprint density at radius 1 is 0.923 bits per heavy atom. The van der Waals surface area contributed by atoms with Crippen molar-refractivity contribution in [1.82, 2.24) is 0 Å². The minimum Gasteiger partial charge on any atom is -0.418 e. The van der Waals surface area contributed by atoms with E-state index in [4.69, 9.17) is 0 Å². The van der Waals surface area contributed by atoms with Gasteiger partial charge in [0, 0.05) is 0 Å². The van der Waals surface area contributed by atoms with Gasteiger partial charge in [-0.2, -0.15) is 0 Å². The van der Waals surface area contributed by atoms with Gasteiger partial charge in [-0.3, -0.25) is 0 Å². The van der Waals surface area contributed by atoms with E-state index in [-0.39, 0.29) is 0 Å². The maximum atomic E-state index is 9.75. The standard InChI is InChI=1S/C7H17N.BF4/c1-2-3-4-5-6-7-8;2-1(3,4)5/h2-8H2,1H3;/q;-1/p+1. The van der Waals surface area contributed by atoms with Crippen LogP contribution in [0.2, 0.25) is 0 Å². The van der Waals surface area contributed by atoms with Crippen molar-refractivity contribution in [3.63, 3.8) is 0 Å². The van der Waals surface area contributed by atoms with Crippen LogP contribution in [-0.4, -0.2) is 13.8 Å². The summed E-state index contributed by atoms with van der Waals surface area (Å²) in [5, 5.41) is 0. The zero-order valence-corrected chi connectivity index (χ0v) is 8.04. The van der Waals surface area contributed by atoms with E-state index in [9.17, 15) is 17.3 Å². The van der Waals surface area contributed by atoms with Gasteiger partial charge in [-0.25, -0.2) is 0 Å². The zero-order valence-electron chi connectivity index (χ0n) is 8.04. The van der Waals surface area contributed by atoms with Crippen molar-refractivity contribution in [2.24, 2.45) is 0 Å². The number of hydrogen-bond acceptors (Lipinski definition) is 0. The predicted octanol–water partition coefficient (Wildman–Crippen LogP) is 2.50. The molecule has 0 atom stereocenters. The highest BCUT2D eigenvalue weighted by atomic mass is 19.5. The normalized spacial score (nSPS) is 10.6. The van der Waals surface area contributed by atoms with Crippen LogP contribution in [0.3, 0.4) is 0 Å². The van der Waals surface area contributed by atoms with Crippen molar-refractivity contribution in [2.45, 2.75) is 39.0 Å². The van der Waals surface area contributed by atoms with Gasteiger partial charge in [0.15, 0.2) is 0 Å². The van der Waals surface area contributed by atoms with Crippen molar-refractivity contribution >= 4 is 7.25 Å². The molecule has 3 N–H and O–H groups in total. The first-order valence-corrected chi connectivity index (χ1v) is 4.58. The Bertz CT molecular complexity index is 85.0. The number of halogens is 4. The minimum absolute atomic E-state index is 1.11. The molecule has 0 amide bonds. The number of unbranched alkanes of at least 4 members (excludes halogenated alkanes) is 4. The Hall–Kier alpha value is -0.255. The summed E-state index contributed by atoms with van der Waals surface area (Å²) < 4.78 is 39.0. The van der Waals surface area contributed by atoms with Crippen LogP contribution in [0.1, 0.15) is 39.0 Å². The lowest BCUT2D eigenvalue weighted by atomic mass is 10.2. The summed E-state index contributed by atoms with van der Waals surface area (Å²) >= 11 is 0. The molecule has 0 aromatic carbocycles. The molecule has 0 aliphatic rings. The maximum absolute atomic E-state index is 9.75. The Balaban J connectivity index is 0. The summed E-state index contributed by atoms with van der Waals surface area (Å²) in [6.45, 7) is 3.36. The third kappa shape index (κ3) is 49.5. The highest BCUT2D eigenvalue weighted by Crippen LogP contribution is 2.06. The fourth-order valence-electron chi connectivity index (χ4n) is 0.780. The van der Waals surface area contributed by atoms with Gasteiger partial charge in [0.25, 0.3) is 0 Å². The molecule has 0 bridgehead atoms. The van der Waals surface area contributed by atoms with Crippen molar-refractivity contribution in [3.05, 3.63) is 0 Å². The van der Waals surface area contributed by atoms with E-state index < -0.39 is 7.25 Å². The topological polar surface area (TPSA) is 27.6 Å². The summed E-state index contributed by atoms with van der Waals surface area (Å²) in [7, 11) is -6.00. The molecule has 0 aliphatic carbocycles. The zero-order chi connectivity index (χ0) is 10.7. The molecule has 0 aromatic rings. The number of quaternary nitrogens is 1. The molecule has 0 spiro atoms. The van der Waals surface area contributed by atoms with Crippen LogP contribution >= 0.6 is 0 Å². The fraction of sp³-hybridized carbons (Fsp3) is 1.00. The molecule has 6 heteroatoms. The molecule has 0 unspecified atom stereocenters. The molecule has 82 valence electrons. The highest BCUT2D eigenvalue weighted by molar-refractivity contribution is 6.50. The van der Waals surface area contributed by atoms with Crippen LogP contribution in [0.4, 0.5) is 17.3 Å². The van der Waals surface area contributed by atoms with Crippen LogP contribution in [-0.2, 0) is 0 Å². The van der Waals surface area contributed by atoms with Crippen LogP contribution in [0, 0.1) is 0 Å². The van der Waals surface area contributed by atoms with E-state index in [1.165, 1.54) is 32.1 Å². The van der Waals surface area contributed by atoms with Crippen molar-refractivity contribution in [3.8, 4) is 0 Å². The second-order valence-electron chi connectivity index (χ2n) is 2.76. The average Bonchev–Trinajstić information content (AvgIpc) is 1.95. The maximum Gasteiger partial charge on any atom is 0.673 e. The quantitative estimate of drug-likeness (QED) is 0.404. The molecule has 1 nitrogen and oxygen atoms in total. The first-order valence-electron chi connectivity index (χ1n) is 4.58. The van der Waals surface area contributed by atoms with E-state index in [2.05, 4.69) is 12.7 Å². The smallest absolute Gasteiger partial charge is 0.418 e. The molecule has 0 saturated heterocycles. The molecule has 0 fully saturated rings. The Morgan fingerprint density at radius 3 is 1.62 bits per heavy atom. The molecule has 0 radical (unpaired) electrons. The summed E-state index contributed by atoms with van der Waals surface area (Å²) in [5.41, 5.74) is 3.78. The Kier molecular flexibility index (Phi) is 11.5. The number of rotatable bonds is 5. The Morgan fingerprint density at radius 2 is 1.31 bits per heavy atom. The summed E-state index contributed by atoms with van der Waals surface area (Å²) in [4.78, 5) is 0. The van der Waals surface area contributed by atoms with Gasteiger partial charge in [-0.15, -0.1) is 0 Å². The molecule has 0 heterocycles. The van der Waals surface area contributed by atoms with E-state index >= 15 is 0 Å². The fourth-order valence-corrected chi connectivity index (χ4v) is 0.780. The van der Waals surface area contributed by atoms with Gasteiger partial charge in [0.05, 0.1) is 6.54 Å². The lowest BCUT2D eigenvalue weighted by Crippen LogP contribution is -2.50. The largest absolute Gasteiger partial charge is 0.673 e. The third-order valence-electron chi connectivity index (χ3n) is 1.35. The van der Waals surface area contributed by atoms with Gasteiger partial charge in [0.1, 0.15) is 0 Å². The SMILES string of the molecule is CCCCCCC[NH3+].F[B-](F)(F)F. The summed E-state index contributed by atoms with van der Waals surface area (Å²) in [5.74, 6) is 0. The first kappa shape index (κ1) is 15.2. The molecule has 13 heavy (non-hydrogen) atoms. The monoisotopic (exact) mass is 203 g/mol. The second-order valence-corrected chi connectivity index (χ2v) is 2.76. The van der Waals surface area contributed by atoms with E-state index in [1.54, 1.807) is 0 Å². The van der Waals surface area contributed by atoms with E-state index in [0.29, 0.717) is 0 Å². The van der Waals surface area contributed by atoms with Crippen LogP contribution in [0.15, 0.2) is 0 Å². The molecular formula is C7H18BF4N. The molecule has 0 saturated carbocycles. The highest BCUT2D eigenvalue weighted by Gasteiger charge is 2.20. The minimum atomic E-state index is -6.00. The van der Waals surface area contributed by atoms with Gasteiger partial charge in [-0.1, -0.05) is 26.2 Å². The van der Waals surface area contributed by atoms with Gasteiger partial charge in [-0.05, 0) is 12.8 Å². The van der Waals surface area contributed by atoms with Crippen molar-refractivity contribution in [1.29, 1.82) is 0 Å². The predicted molar refractivity (Wildman–Crippen MR) is 46.7 cm³/mol. The van der Waals surface area contributed by atoms with Gasteiger partial charge in [0.2, 0.25) is 0 Å². The van der Waals surface area contributed by atoms with E-state index in [0.717, 1.165) is 6.54 Å². The molecule has 0 aliphatic heterocycles. The average molecular weight is 203 g/mol. The second kappa shape index (κ2) is 9.83. The molecule has 0 aromatic heterocycles. The molecular weight excluding hydrogens is 185 g/mol. The van der Waals surface area contributed by atoms with Crippen LogP contribution < -0.4 is 5.73 Å². The van der Waals surface area contributed by atoms with E-state index in [1.807, 2.05) is 0 Å².